The van der Waals surface area contributed by atoms with Crippen molar-refractivity contribution in [3.05, 3.63) is 51.5 Å². The summed E-state index contributed by atoms with van der Waals surface area (Å²) in [7, 11) is 0. The van der Waals surface area contributed by atoms with Crippen molar-refractivity contribution in [1.29, 1.82) is 0 Å². The van der Waals surface area contributed by atoms with Crippen molar-refractivity contribution in [3.8, 4) is 0 Å². The number of hydrogen-bond acceptors (Lipinski definition) is 3. The lowest BCUT2D eigenvalue weighted by atomic mass is 9.99. The van der Waals surface area contributed by atoms with Gasteiger partial charge in [-0.15, -0.1) is 11.3 Å². The van der Waals surface area contributed by atoms with Crippen LogP contribution in [0.5, 0.6) is 0 Å². The number of fused-ring (bicyclic) bond motifs is 1. The molecule has 1 heterocycles. The zero-order valence-electron chi connectivity index (χ0n) is 9.73. The molecule has 2 nitrogen and oxygen atoms in total. The molecule has 88 valence electrons. The van der Waals surface area contributed by atoms with Crippen LogP contribution in [0.3, 0.4) is 0 Å². The van der Waals surface area contributed by atoms with E-state index in [4.69, 9.17) is 10.7 Å². The molecule has 0 saturated carbocycles. The van der Waals surface area contributed by atoms with Gasteiger partial charge in [-0.1, -0.05) is 30.3 Å². The Hall–Kier alpha value is -1.19. The van der Waals surface area contributed by atoms with Gasteiger partial charge < -0.3 is 5.73 Å². The van der Waals surface area contributed by atoms with Crippen molar-refractivity contribution in [3.63, 3.8) is 0 Å². The van der Waals surface area contributed by atoms with E-state index in [2.05, 4.69) is 24.3 Å². The number of thiazole rings is 1. The van der Waals surface area contributed by atoms with Crippen molar-refractivity contribution in [2.75, 3.05) is 0 Å². The first-order valence-electron chi connectivity index (χ1n) is 6.11. The van der Waals surface area contributed by atoms with E-state index in [-0.39, 0.29) is 6.04 Å². The molecule has 2 N–H and O–H groups in total. The molecule has 0 aliphatic heterocycles. The van der Waals surface area contributed by atoms with Gasteiger partial charge in [0.15, 0.2) is 0 Å². The Morgan fingerprint density at radius 2 is 2.12 bits per heavy atom. The summed E-state index contributed by atoms with van der Waals surface area (Å²) in [5.41, 5.74) is 8.70. The van der Waals surface area contributed by atoms with Crippen LogP contribution in [0.2, 0.25) is 0 Å². The summed E-state index contributed by atoms with van der Waals surface area (Å²) in [4.78, 5) is 6.06. The Labute approximate surface area is 106 Å². The fraction of sp³-hybridized carbons (Fsp3) is 0.357. The molecule has 0 bridgehead atoms. The Balaban J connectivity index is 1.85. The number of rotatable bonds is 2. The van der Waals surface area contributed by atoms with Gasteiger partial charge in [0.05, 0.1) is 10.7 Å². The first-order chi connectivity index (χ1) is 8.33. The summed E-state index contributed by atoms with van der Waals surface area (Å²) in [6.07, 6.45) is 4.34. The highest BCUT2D eigenvalue weighted by molar-refractivity contribution is 7.11. The average molecular weight is 244 g/mol. The van der Waals surface area contributed by atoms with E-state index in [0.29, 0.717) is 0 Å². The van der Waals surface area contributed by atoms with Crippen LogP contribution in [0, 0.1) is 0 Å². The second kappa shape index (κ2) is 4.59. The Morgan fingerprint density at radius 3 is 2.88 bits per heavy atom. The summed E-state index contributed by atoms with van der Waals surface area (Å²) < 4.78 is 0. The molecular weight excluding hydrogens is 228 g/mol. The smallest absolute Gasteiger partial charge is 0.0975 e. The van der Waals surface area contributed by atoms with Gasteiger partial charge in [-0.25, -0.2) is 4.98 Å². The van der Waals surface area contributed by atoms with Crippen LogP contribution < -0.4 is 5.73 Å². The van der Waals surface area contributed by atoms with Crippen LogP contribution in [0.4, 0.5) is 0 Å². The minimum atomic E-state index is 0.223. The number of nitrogens with two attached hydrogens (primary N) is 1. The van der Waals surface area contributed by atoms with Crippen LogP contribution in [0.25, 0.3) is 0 Å². The highest BCUT2D eigenvalue weighted by atomic mass is 32.1. The maximum atomic E-state index is 6.12. The van der Waals surface area contributed by atoms with Crippen molar-refractivity contribution >= 4 is 11.3 Å². The lowest BCUT2D eigenvalue weighted by molar-refractivity contribution is 0.573. The second-order valence-corrected chi connectivity index (χ2v) is 5.69. The van der Waals surface area contributed by atoms with E-state index < -0.39 is 0 Å². The molecule has 1 aliphatic carbocycles. The maximum absolute atomic E-state index is 6.12. The summed E-state index contributed by atoms with van der Waals surface area (Å²) in [6, 6.07) is 10.7. The summed E-state index contributed by atoms with van der Waals surface area (Å²) in [6.45, 7) is 0. The number of hydrogen-bond donors (Lipinski definition) is 1. The number of aryl methyl sites for hydroxylation is 1. The third-order valence-electron chi connectivity index (χ3n) is 3.24. The van der Waals surface area contributed by atoms with Crippen LogP contribution in [-0.4, -0.2) is 4.98 Å². The topological polar surface area (TPSA) is 38.9 Å². The molecule has 1 unspecified atom stereocenters. The predicted molar refractivity (Wildman–Crippen MR) is 71.2 cm³/mol. The number of nitrogens with zero attached hydrogens (tertiary/aromatic N) is 1. The first kappa shape index (κ1) is 10.9. The van der Waals surface area contributed by atoms with Gasteiger partial charge in [-0.05, 0) is 24.8 Å². The molecule has 0 amide bonds. The molecule has 0 fully saturated rings. The number of aromatic nitrogens is 1. The van der Waals surface area contributed by atoms with Crippen molar-refractivity contribution < 1.29 is 0 Å². The zero-order chi connectivity index (χ0) is 11.7. The summed E-state index contributed by atoms with van der Waals surface area (Å²) in [5, 5.41) is 1.21. The monoisotopic (exact) mass is 244 g/mol. The second-order valence-electron chi connectivity index (χ2n) is 4.58. The molecule has 2 aromatic rings. The quantitative estimate of drug-likeness (QED) is 0.881. The Kier molecular flexibility index (Phi) is 2.95. The van der Waals surface area contributed by atoms with Crippen molar-refractivity contribution in [1.82, 2.24) is 4.98 Å². The largest absolute Gasteiger partial charge is 0.323 e. The lowest BCUT2D eigenvalue weighted by Crippen LogP contribution is -2.15. The fourth-order valence-electron chi connectivity index (χ4n) is 2.35. The van der Waals surface area contributed by atoms with E-state index in [9.17, 15) is 0 Å². The molecule has 1 atom stereocenters. The normalized spacial score (nSPS) is 19.0. The maximum Gasteiger partial charge on any atom is 0.0975 e. The van der Waals surface area contributed by atoms with E-state index in [1.807, 2.05) is 6.07 Å². The summed E-state index contributed by atoms with van der Waals surface area (Å²) in [5.74, 6) is 0. The molecule has 0 spiro atoms. The van der Waals surface area contributed by atoms with Gasteiger partial charge in [-0.2, -0.15) is 0 Å². The molecule has 1 aromatic heterocycles. The third kappa shape index (κ3) is 2.26. The van der Waals surface area contributed by atoms with Crippen LogP contribution >= 0.6 is 11.3 Å². The molecule has 1 aromatic carbocycles. The van der Waals surface area contributed by atoms with E-state index in [1.54, 1.807) is 11.3 Å². The van der Waals surface area contributed by atoms with E-state index in [0.717, 1.165) is 19.3 Å². The molecule has 0 radical (unpaired) electrons. The minimum absolute atomic E-state index is 0.223. The van der Waals surface area contributed by atoms with Crippen molar-refractivity contribution in [2.45, 2.75) is 31.7 Å². The molecule has 3 heteroatoms. The zero-order valence-corrected chi connectivity index (χ0v) is 10.5. The third-order valence-corrected chi connectivity index (χ3v) is 4.47. The average Bonchev–Trinajstić information content (AvgIpc) is 2.74. The molecule has 3 rings (SSSR count). The van der Waals surface area contributed by atoms with Gasteiger partial charge in [0.1, 0.15) is 0 Å². The van der Waals surface area contributed by atoms with Gasteiger partial charge in [-0.3, -0.25) is 0 Å². The van der Waals surface area contributed by atoms with Gasteiger partial charge >= 0.3 is 0 Å². The highest BCUT2D eigenvalue weighted by Crippen LogP contribution is 2.33. The minimum Gasteiger partial charge on any atom is -0.323 e. The number of benzene rings is 1. The van der Waals surface area contributed by atoms with Gasteiger partial charge in [0.2, 0.25) is 0 Å². The van der Waals surface area contributed by atoms with Crippen LogP contribution in [-0.2, 0) is 12.8 Å². The standard InChI is InChI=1S/C14H16N2S/c15-11-7-4-8-12-14(11)17-13(16-12)9-10-5-2-1-3-6-10/h1-3,5-6,11H,4,7-9,15H2. The predicted octanol–water partition coefficient (Wildman–Crippen LogP) is 3.07. The van der Waals surface area contributed by atoms with Gasteiger partial charge in [0.25, 0.3) is 0 Å². The van der Waals surface area contributed by atoms with Crippen LogP contribution in [0.1, 0.15) is 40.0 Å². The first-order valence-corrected chi connectivity index (χ1v) is 6.92. The molecular formula is C14H16N2S. The van der Waals surface area contributed by atoms with E-state index >= 15 is 0 Å². The molecule has 17 heavy (non-hydrogen) atoms. The fourth-order valence-corrected chi connectivity index (χ4v) is 3.53. The van der Waals surface area contributed by atoms with Gasteiger partial charge in [0, 0.05) is 17.3 Å². The highest BCUT2D eigenvalue weighted by Gasteiger charge is 2.21. The van der Waals surface area contributed by atoms with E-state index in [1.165, 1.54) is 27.6 Å². The molecule has 1 aliphatic rings. The van der Waals surface area contributed by atoms with Crippen LogP contribution in [0.15, 0.2) is 30.3 Å². The lowest BCUT2D eigenvalue weighted by Gasteiger charge is -2.15. The SMILES string of the molecule is NC1CCCc2nc(Cc3ccccc3)sc21. The molecule has 0 saturated heterocycles. The summed E-state index contributed by atoms with van der Waals surface area (Å²) >= 11 is 1.80. The van der Waals surface area contributed by atoms with Crippen molar-refractivity contribution in [2.24, 2.45) is 5.73 Å². The Morgan fingerprint density at radius 1 is 1.29 bits per heavy atom. The Bertz CT molecular complexity index is 504.